The van der Waals surface area contributed by atoms with Crippen molar-refractivity contribution in [3.05, 3.63) is 24.3 Å². The summed E-state index contributed by atoms with van der Waals surface area (Å²) in [6.45, 7) is 2.73. The predicted molar refractivity (Wildman–Crippen MR) is 84.7 cm³/mol. The standard InChI is InChI=1S/C17H26N2O/c1-2-19(16-11-7-10-15(18)13-16)17(20)12-14-8-5-3-4-6-9-14/h7,10-11,13-14H,2-6,8-9,12,18H2,1H3. The van der Waals surface area contributed by atoms with E-state index in [0.29, 0.717) is 24.6 Å². The maximum atomic E-state index is 12.6. The van der Waals surface area contributed by atoms with E-state index in [1.165, 1.54) is 38.5 Å². The Morgan fingerprint density at radius 2 is 1.95 bits per heavy atom. The third-order valence-corrected chi connectivity index (χ3v) is 4.24. The summed E-state index contributed by atoms with van der Waals surface area (Å²) in [5.74, 6) is 0.810. The Kier molecular flexibility index (Phi) is 5.45. The van der Waals surface area contributed by atoms with E-state index in [1.54, 1.807) is 0 Å². The van der Waals surface area contributed by atoms with Crippen LogP contribution in [0.25, 0.3) is 0 Å². The van der Waals surface area contributed by atoms with E-state index >= 15 is 0 Å². The highest BCUT2D eigenvalue weighted by atomic mass is 16.2. The van der Waals surface area contributed by atoms with E-state index in [2.05, 4.69) is 0 Å². The minimum Gasteiger partial charge on any atom is -0.399 e. The van der Waals surface area contributed by atoms with Gasteiger partial charge >= 0.3 is 0 Å². The summed E-state index contributed by atoms with van der Waals surface area (Å²) in [6, 6.07) is 7.61. The summed E-state index contributed by atoms with van der Waals surface area (Å²) in [5, 5.41) is 0. The zero-order valence-electron chi connectivity index (χ0n) is 12.5. The van der Waals surface area contributed by atoms with Crippen LogP contribution in [0, 0.1) is 5.92 Å². The SMILES string of the molecule is CCN(C(=O)CC1CCCCCC1)c1cccc(N)c1. The average molecular weight is 274 g/mol. The molecule has 0 bridgehead atoms. The van der Waals surface area contributed by atoms with Crippen molar-refractivity contribution in [3.63, 3.8) is 0 Å². The Hall–Kier alpha value is -1.51. The molecule has 3 heteroatoms. The normalized spacial score (nSPS) is 16.6. The number of carbonyl (C=O) groups is 1. The van der Waals surface area contributed by atoms with Crippen LogP contribution in [0.2, 0.25) is 0 Å². The van der Waals surface area contributed by atoms with Crippen molar-refractivity contribution in [2.45, 2.75) is 51.9 Å². The summed E-state index contributed by atoms with van der Waals surface area (Å²) in [5.41, 5.74) is 7.45. The zero-order chi connectivity index (χ0) is 14.4. The first-order valence-electron chi connectivity index (χ1n) is 7.86. The number of carbonyl (C=O) groups excluding carboxylic acids is 1. The smallest absolute Gasteiger partial charge is 0.227 e. The molecule has 1 aliphatic rings. The fraction of sp³-hybridized carbons (Fsp3) is 0.588. The van der Waals surface area contributed by atoms with Crippen molar-refractivity contribution in [2.24, 2.45) is 5.92 Å². The molecule has 1 aromatic rings. The van der Waals surface area contributed by atoms with Gasteiger partial charge in [0.05, 0.1) is 0 Å². The molecule has 0 heterocycles. The van der Waals surface area contributed by atoms with Gasteiger partial charge in [0.1, 0.15) is 0 Å². The molecule has 2 rings (SSSR count). The molecule has 1 saturated carbocycles. The molecular formula is C17H26N2O. The first-order chi connectivity index (χ1) is 9.70. The topological polar surface area (TPSA) is 46.3 Å². The van der Waals surface area contributed by atoms with Gasteiger partial charge in [0, 0.05) is 24.3 Å². The molecular weight excluding hydrogens is 248 g/mol. The molecule has 2 N–H and O–H groups in total. The summed E-state index contributed by atoms with van der Waals surface area (Å²) in [6.07, 6.45) is 8.32. The second-order valence-electron chi connectivity index (χ2n) is 5.79. The lowest BCUT2D eigenvalue weighted by atomic mass is 9.96. The monoisotopic (exact) mass is 274 g/mol. The van der Waals surface area contributed by atoms with Crippen molar-refractivity contribution < 1.29 is 4.79 Å². The second kappa shape index (κ2) is 7.32. The van der Waals surface area contributed by atoms with E-state index in [9.17, 15) is 4.79 Å². The average Bonchev–Trinajstić information content (AvgIpc) is 2.68. The van der Waals surface area contributed by atoms with Crippen LogP contribution in [0.5, 0.6) is 0 Å². The van der Waals surface area contributed by atoms with Crippen molar-refractivity contribution >= 4 is 17.3 Å². The van der Waals surface area contributed by atoms with E-state index in [1.807, 2.05) is 36.1 Å². The molecule has 0 aliphatic heterocycles. The maximum Gasteiger partial charge on any atom is 0.227 e. The third-order valence-electron chi connectivity index (χ3n) is 4.24. The van der Waals surface area contributed by atoms with Crippen LogP contribution < -0.4 is 10.6 Å². The van der Waals surface area contributed by atoms with Crippen molar-refractivity contribution in [1.29, 1.82) is 0 Å². The van der Waals surface area contributed by atoms with Gasteiger partial charge in [0.2, 0.25) is 5.91 Å². The van der Waals surface area contributed by atoms with Crippen LogP contribution in [0.1, 0.15) is 51.9 Å². The number of nitrogens with two attached hydrogens (primary N) is 1. The largest absolute Gasteiger partial charge is 0.399 e. The lowest BCUT2D eigenvalue weighted by molar-refractivity contribution is -0.119. The van der Waals surface area contributed by atoms with Crippen LogP contribution >= 0.6 is 0 Å². The highest BCUT2D eigenvalue weighted by molar-refractivity contribution is 5.93. The van der Waals surface area contributed by atoms with E-state index in [-0.39, 0.29) is 5.91 Å². The highest BCUT2D eigenvalue weighted by Crippen LogP contribution is 2.27. The van der Waals surface area contributed by atoms with Crippen LogP contribution in [0.4, 0.5) is 11.4 Å². The molecule has 0 radical (unpaired) electrons. The van der Waals surface area contributed by atoms with E-state index in [4.69, 9.17) is 5.73 Å². The molecule has 3 nitrogen and oxygen atoms in total. The van der Waals surface area contributed by atoms with Gasteiger partial charge < -0.3 is 10.6 Å². The Balaban J connectivity index is 2.01. The fourth-order valence-corrected chi connectivity index (χ4v) is 3.12. The van der Waals surface area contributed by atoms with E-state index in [0.717, 1.165) is 5.69 Å². The maximum absolute atomic E-state index is 12.6. The lowest BCUT2D eigenvalue weighted by Gasteiger charge is -2.24. The van der Waals surface area contributed by atoms with Gasteiger partial charge in [-0.15, -0.1) is 0 Å². The van der Waals surface area contributed by atoms with E-state index < -0.39 is 0 Å². The van der Waals surface area contributed by atoms with Gasteiger partial charge in [-0.25, -0.2) is 0 Å². The highest BCUT2D eigenvalue weighted by Gasteiger charge is 2.20. The van der Waals surface area contributed by atoms with Crippen LogP contribution in [0.3, 0.4) is 0 Å². The number of anilines is 2. The molecule has 110 valence electrons. The Labute approximate surface area is 122 Å². The van der Waals surface area contributed by atoms with Gasteiger partial charge in [-0.3, -0.25) is 4.79 Å². The first kappa shape index (κ1) is 14.9. The Morgan fingerprint density at radius 3 is 2.55 bits per heavy atom. The molecule has 20 heavy (non-hydrogen) atoms. The quantitative estimate of drug-likeness (QED) is 0.666. The molecule has 0 spiro atoms. The number of hydrogen-bond acceptors (Lipinski definition) is 2. The van der Waals surface area contributed by atoms with Crippen LogP contribution in [-0.2, 0) is 4.79 Å². The summed E-state index contributed by atoms with van der Waals surface area (Å²) in [7, 11) is 0. The molecule has 1 aromatic carbocycles. The number of amides is 1. The predicted octanol–water partition coefficient (Wildman–Crippen LogP) is 3.98. The lowest BCUT2D eigenvalue weighted by Crippen LogP contribution is -2.32. The van der Waals surface area contributed by atoms with Crippen LogP contribution in [-0.4, -0.2) is 12.5 Å². The molecule has 1 aliphatic carbocycles. The number of benzene rings is 1. The van der Waals surface area contributed by atoms with Crippen molar-refractivity contribution in [3.8, 4) is 0 Å². The Bertz CT molecular complexity index is 436. The molecule has 0 saturated heterocycles. The molecule has 1 fully saturated rings. The molecule has 0 atom stereocenters. The van der Waals surface area contributed by atoms with Gasteiger partial charge in [-0.05, 0) is 43.9 Å². The van der Waals surface area contributed by atoms with Crippen molar-refractivity contribution in [1.82, 2.24) is 0 Å². The number of rotatable bonds is 4. The molecule has 0 aromatic heterocycles. The number of nitrogens with zero attached hydrogens (tertiary/aromatic N) is 1. The second-order valence-corrected chi connectivity index (χ2v) is 5.79. The van der Waals surface area contributed by atoms with Gasteiger partial charge in [-0.1, -0.05) is 31.7 Å². The van der Waals surface area contributed by atoms with Gasteiger partial charge in [0.15, 0.2) is 0 Å². The summed E-state index contributed by atoms with van der Waals surface area (Å²) in [4.78, 5) is 14.4. The summed E-state index contributed by atoms with van der Waals surface area (Å²) >= 11 is 0. The van der Waals surface area contributed by atoms with Gasteiger partial charge in [-0.2, -0.15) is 0 Å². The van der Waals surface area contributed by atoms with Crippen molar-refractivity contribution in [2.75, 3.05) is 17.2 Å². The molecule has 1 amide bonds. The number of nitrogen functional groups attached to an aromatic ring is 1. The van der Waals surface area contributed by atoms with Gasteiger partial charge in [0.25, 0.3) is 0 Å². The zero-order valence-corrected chi connectivity index (χ0v) is 12.5. The minimum absolute atomic E-state index is 0.241. The minimum atomic E-state index is 0.241. The van der Waals surface area contributed by atoms with Crippen LogP contribution in [0.15, 0.2) is 24.3 Å². The summed E-state index contributed by atoms with van der Waals surface area (Å²) < 4.78 is 0. The molecule has 0 unspecified atom stereocenters. The first-order valence-corrected chi connectivity index (χ1v) is 7.86. The number of hydrogen-bond donors (Lipinski definition) is 1. The Morgan fingerprint density at radius 1 is 1.25 bits per heavy atom. The third kappa shape index (κ3) is 3.99. The fourth-order valence-electron chi connectivity index (χ4n) is 3.12.